The van der Waals surface area contributed by atoms with Gasteiger partial charge in [0.05, 0.1) is 0 Å². The smallest absolute Gasteiger partial charge is 0.159 e. The number of hydrogen-bond donors (Lipinski definition) is 1. The van der Waals surface area contributed by atoms with Gasteiger partial charge in [-0.25, -0.2) is 8.78 Å². The molecule has 1 unspecified atom stereocenters. The van der Waals surface area contributed by atoms with Crippen molar-refractivity contribution in [2.75, 3.05) is 13.6 Å². The number of hydrogen-bond acceptors (Lipinski definition) is 1. The Balaban J connectivity index is 2.81. The van der Waals surface area contributed by atoms with Gasteiger partial charge in [0.2, 0.25) is 0 Å². The Labute approximate surface area is 95.9 Å². The fourth-order valence-corrected chi connectivity index (χ4v) is 1.88. The van der Waals surface area contributed by atoms with Crippen LogP contribution in [0.15, 0.2) is 18.2 Å². The molecule has 16 heavy (non-hydrogen) atoms. The van der Waals surface area contributed by atoms with Crippen LogP contribution in [0.1, 0.15) is 25.8 Å². The van der Waals surface area contributed by atoms with Gasteiger partial charge in [-0.15, -0.1) is 0 Å². The topological polar surface area (TPSA) is 12.0 Å². The zero-order chi connectivity index (χ0) is 12.2. The number of rotatable bonds is 5. The van der Waals surface area contributed by atoms with Crippen molar-refractivity contribution in [1.82, 2.24) is 5.32 Å². The second kappa shape index (κ2) is 5.39. The van der Waals surface area contributed by atoms with Crippen LogP contribution in [0.5, 0.6) is 0 Å². The maximum atomic E-state index is 13.1. The van der Waals surface area contributed by atoms with Gasteiger partial charge in [0, 0.05) is 6.54 Å². The molecule has 0 spiro atoms. The standard InChI is InChI=1S/C13H19F2N/c1-4-13(2,9-16-3)8-10-5-6-11(14)12(15)7-10/h5-7,16H,4,8-9H2,1-3H3. The second-order valence-corrected chi connectivity index (χ2v) is 4.62. The predicted molar refractivity (Wildman–Crippen MR) is 62.4 cm³/mol. The van der Waals surface area contributed by atoms with Crippen LogP contribution in [0.3, 0.4) is 0 Å². The maximum absolute atomic E-state index is 13.1. The van der Waals surface area contributed by atoms with E-state index in [9.17, 15) is 8.78 Å². The molecule has 1 aromatic rings. The lowest BCUT2D eigenvalue weighted by Crippen LogP contribution is -2.31. The van der Waals surface area contributed by atoms with Gasteiger partial charge in [0.1, 0.15) is 0 Å². The third-order valence-corrected chi connectivity index (χ3v) is 3.07. The van der Waals surface area contributed by atoms with Gasteiger partial charge in [-0.3, -0.25) is 0 Å². The minimum Gasteiger partial charge on any atom is -0.319 e. The molecule has 0 bridgehead atoms. The highest BCUT2D eigenvalue weighted by Gasteiger charge is 2.22. The van der Waals surface area contributed by atoms with Crippen LogP contribution in [0, 0.1) is 17.0 Å². The van der Waals surface area contributed by atoms with Crippen molar-refractivity contribution in [1.29, 1.82) is 0 Å². The summed E-state index contributed by atoms with van der Waals surface area (Å²) in [5.74, 6) is -1.55. The fourth-order valence-electron chi connectivity index (χ4n) is 1.88. The van der Waals surface area contributed by atoms with Gasteiger partial charge in [0.15, 0.2) is 11.6 Å². The first-order valence-corrected chi connectivity index (χ1v) is 5.59. The molecule has 0 aromatic heterocycles. The first-order valence-electron chi connectivity index (χ1n) is 5.59. The molecule has 0 saturated carbocycles. The van der Waals surface area contributed by atoms with Crippen LogP contribution in [0.2, 0.25) is 0 Å². The van der Waals surface area contributed by atoms with Gasteiger partial charge < -0.3 is 5.32 Å². The average molecular weight is 227 g/mol. The van der Waals surface area contributed by atoms with E-state index in [1.165, 1.54) is 12.1 Å². The average Bonchev–Trinajstić information content (AvgIpc) is 2.24. The van der Waals surface area contributed by atoms with Crippen molar-refractivity contribution in [3.63, 3.8) is 0 Å². The number of halogens is 2. The van der Waals surface area contributed by atoms with E-state index in [1.54, 1.807) is 6.07 Å². The highest BCUT2D eigenvalue weighted by molar-refractivity contribution is 5.19. The van der Waals surface area contributed by atoms with Gasteiger partial charge in [0.25, 0.3) is 0 Å². The van der Waals surface area contributed by atoms with E-state index in [2.05, 4.69) is 19.2 Å². The Kier molecular flexibility index (Phi) is 4.42. The third-order valence-electron chi connectivity index (χ3n) is 3.07. The lowest BCUT2D eigenvalue weighted by molar-refractivity contribution is 0.298. The molecule has 0 saturated heterocycles. The summed E-state index contributed by atoms with van der Waals surface area (Å²) in [5.41, 5.74) is 0.928. The largest absolute Gasteiger partial charge is 0.319 e. The second-order valence-electron chi connectivity index (χ2n) is 4.62. The minimum atomic E-state index is -0.782. The molecule has 1 atom stereocenters. The number of nitrogens with one attached hydrogen (secondary N) is 1. The highest BCUT2D eigenvalue weighted by Crippen LogP contribution is 2.26. The first kappa shape index (κ1) is 13.1. The van der Waals surface area contributed by atoms with Crippen LogP contribution < -0.4 is 5.32 Å². The summed E-state index contributed by atoms with van der Waals surface area (Å²) in [6, 6.07) is 4.14. The van der Waals surface area contributed by atoms with Crippen molar-refractivity contribution < 1.29 is 8.78 Å². The van der Waals surface area contributed by atoms with Gasteiger partial charge in [-0.1, -0.05) is 19.9 Å². The lowest BCUT2D eigenvalue weighted by Gasteiger charge is -2.28. The molecule has 0 aliphatic carbocycles. The van der Waals surface area contributed by atoms with Crippen LogP contribution in [0.4, 0.5) is 8.78 Å². The van der Waals surface area contributed by atoms with Crippen molar-refractivity contribution in [3.05, 3.63) is 35.4 Å². The molecule has 3 heteroatoms. The maximum Gasteiger partial charge on any atom is 0.159 e. The van der Waals surface area contributed by atoms with Crippen molar-refractivity contribution in [3.8, 4) is 0 Å². The molecule has 1 aromatic carbocycles. The monoisotopic (exact) mass is 227 g/mol. The lowest BCUT2D eigenvalue weighted by atomic mass is 9.81. The molecule has 0 amide bonds. The van der Waals surface area contributed by atoms with Gasteiger partial charge in [-0.05, 0) is 43.0 Å². The predicted octanol–water partition coefficient (Wildman–Crippen LogP) is 3.14. The Morgan fingerprint density at radius 2 is 1.94 bits per heavy atom. The molecule has 0 heterocycles. The molecular weight excluding hydrogens is 208 g/mol. The van der Waals surface area contributed by atoms with Crippen molar-refractivity contribution in [2.45, 2.75) is 26.7 Å². The summed E-state index contributed by atoms with van der Waals surface area (Å²) < 4.78 is 25.8. The summed E-state index contributed by atoms with van der Waals surface area (Å²) in [5, 5.41) is 3.14. The molecule has 90 valence electrons. The van der Waals surface area contributed by atoms with Crippen molar-refractivity contribution >= 4 is 0 Å². The molecule has 1 rings (SSSR count). The zero-order valence-electron chi connectivity index (χ0n) is 10.1. The van der Waals surface area contributed by atoms with Crippen LogP contribution in [0.25, 0.3) is 0 Å². The molecule has 0 aliphatic rings. The van der Waals surface area contributed by atoms with E-state index in [0.29, 0.717) is 0 Å². The van der Waals surface area contributed by atoms with E-state index in [0.717, 1.165) is 24.9 Å². The van der Waals surface area contributed by atoms with E-state index < -0.39 is 11.6 Å². The summed E-state index contributed by atoms with van der Waals surface area (Å²) in [6.45, 7) is 5.12. The quantitative estimate of drug-likeness (QED) is 0.814. The number of benzene rings is 1. The zero-order valence-corrected chi connectivity index (χ0v) is 10.1. The summed E-state index contributed by atoms with van der Waals surface area (Å²) in [4.78, 5) is 0. The van der Waals surface area contributed by atoms with Crippen LogP contribution in [-0.4, -0.2) is 13.6 Å². The SMILES string of the molecule is CCC(C)(CNC)Cc1ccc(F)c(F)c1. The summed E-state index contributed by atoms with van der Waals surface area (Å²) in [6.07, 6.45) is 1.74. The minimum absolute atomic E-state index is 0.0824. The Hall–Kier alpha value is -0.960. The molecule has 0 fully saturated rings. The highest BCUT2D eigenvalue weighted by atomic mass is 19.2. The van der Waals surface area contributed by atoms with E-state index in [4.69, 9.17) is 0 Å². The molecule has 1 N–H and O–H groups in total. The molecule has 1 nitrogen and oxygen atoms in total. The van der Waals surface area contributed by atoms with Gasteiger partial charge >= 0.3 is 0 Å². The summed E-state index contributed by atoms with van der Waals surface area (Å²) in [7, 11) is 1.90. The molecule has 0 radical (unpaired) electrons. The van der Waals surface area contributed by atoms with Crippen LogP contribution >= 0.6 is 0 Å². The Bertz CT molecular complexity index is 352. The van der Waals surface area contributed by atoms with Crippen LogP contribution in [-0.2, 0) is 6.42 Å². The molecule has 0 aliphatic heterocycles. The van der Waals surface area contributed by atoms with Gasteiger partial charge in [-0.2, -0.15) is 0 Å². The first-order chi connectivity index (χ1) is 7.50. The van der Waals surface area contributed by atoms with Crippen molar-refractivity contribution in [2.24, 2.45) is 5.41 Å². The molecular formula is C13H19F2N. The fraction of sp³-hybridized carbons (Fsp3) is 0.538. The third kappa shape index (κ3) is 3.27. The summed E-state index contributed by atoms with van der Waals surface area (Å²) >= 11 is 0. The van der Waals surface area contributed by atoms with E-state index in [1.807, 2.05) is 7.05 Å². The Morgan fingerprint density at radius 3 is 2.44 bits per heavy atom. The van der Waals surface area contributed by atoms with E-state index >= 15 is 0 Å². The van der Waals surface area contributed by atoms with E-state index in [-0.39, 0.29) is 5.41 Å². The Morgan fingerprint density at radius 1 is 1.25 bits per heavy atom. The normalized spacial score (nSPS) is 14.8.